The second-order valence-corrected chi connectivity index (χ2v) is 8.14. The largest absolute Gasteiger partial charge is 0.398 e. The van der Waals surface area contributed by atoms with E-state index < -0.39 is 0 Å². The molecular weight excluding hydrogens is 453 g/mol. The fourth-order valence-corrected chi connectivity index (χ4v) is 3.99. The quantitative estimate of drug-likeness (QED) is 0.400. The molecule has 2 aromatic carbocycles. The van der Waals surface area contributed by atoms with Crippen molar-refractivity contribution in [1.82, 2.24) is 9.78 Å². The van der Waals surface area contributed by atoms with Gasteiger partial charge in [-0.15, -0.1) is 0 Å². The molecule has 1 aliphatic rings. The lowest BCUT2D eigenvalue weighted by Crippen LogP contribution is -2.18. The molecule has 1 saturated heterocycles. The number of ether oxygens (including phenoxy) is 1. The first-order chi connectivity index (χ1) is 13.0. The van der Waals surface area contributed by atoms with Gasteiger partial charge in [0.1, 0.15) is 11.7 Å². The molecule has 1 aliphatic heterocycles. The second-order valence-electron chi connectivity index (χ2n) is 6.47. The van der Waals surface area contributed by atoms with E-state index in [9.17, 15) is 4.79 Å². The summed E-state index contributed by atoms with van der Waals surface area (Å²) in [4.78, 5) is 13.2. The Kier molecular flexibility index (Phi) is 5.16. The molecule has 2 heterocycles. The third-order valence-corrected chi connectivity index (χ3v) is 6.18. The van der Waals surface area contributed by atoms with Crippen LogP contribution in [0.4, 0.5) is 5.69 Å². The lowest BCUT2D eigenvalue weighted by atomic mass is 9.99. The lowest BCUT2D eigenvalue weighted by Gasteiger charge is -2.22. The molecule has 3 aromatic rings. The highest BCUT2D eigenvalue weighted by atomic mass is 79.9. The third kappa shape index (κ3) is 3.47. The van der Waals surface area contributed by atoms with Gasteiger partial charge in [0.25, 0.3) is 0 Å². The van der Waals surface area contributed by atoms with Gasteiger partial charge in [-0.3, -0.25) is 4.79 Å². The normalized spacial score (nSPS) is 17.4. The van der Waals surface area contributed by atoms with Gasteiger partial charge in [0.15, 0.2) is 5.78 Å². The van der Waals surface area contributed by atoms with Gasteiger partial charge in [-0.1, -0.05) is 23.2 Å². The Morgan fingerprint density at radius 2 is 2.04 bits per heavy atom. The Morgan fingerprint density at radius 3 is 2.78 bits per heavy atom. The van der Waals surface area contributed by atoms with Crippen molar-refractivity contribution in [2.75, 3.05) is 12.3 Å². The Balaban J connectivity index is 1.82. The number of nitrogen functional groups attached to an aromatic ring is 1. The maximum Gasteiger partial charge on any atom is 0.195 e. The lowest BCUT2D eigenvalue weighted by molar-refractivity contribution is -0.0390. The van der Waals surface area contributed by atoms with Crippen LogP contribution in [0.2, 0.25) is 10.0 Å². The summed E-state index contributed by atoms with van der Waals surface area (Å²) in [5, 5.41) is 6.18. The molecule has 8 heteroatoms. The van der Waals surface area contributed by atoms with Gasteiger partial charge in [0, 0.05) is 39.5 Å². The van der Waals surface area contributed by atoms with Crippen LogP contribution in [-0.4, -0.2) is 22.2 Å². The van der Waals surface area contributed by atoms with E-state index >= 15 is 0 Å². The van der Waals surface area contributed by atoms with Gasteiger partial charge < -0.3 is 10.5 Å². The second kappa shape index (κ2) is 7.43. The Morgan fingerprint density at radius 1 is 1.22 bits per heavy atom. The summed E-state index contributed by atoms with van der Waals surface area (Å²) in [6.07, 6.45) is 4.69. The summed E-state index contributed by atoms with van der Waals surface area (Å²) in [7, 11) is 0. The van der Waals surface area contributed by atoms with Crippen molar-refractivity contribution in [3.8, 4) is 0 Å². The molecule has 1 atom stereocenters. The van der Waals surface area contributed by atoms with E-state index in [1.54, 1.807) is 28.9 Å². The zero-order valence-electron chi connectivity index (χ0n) is 14.2. The fraction of sp³-hybridized carbons (Fsp3) is 0.263. The maximum absolute atomic E-state index is 13.2. The smallest absolute Gasteiger partial charge is 0.195 e. The van der Waals surface area contributed by atoms with Crippen LogP contribution in [0.25, 0.3) is 10.9 Å². The Hall–Kier alpha value is -1.60. The van der Waals surface area contributed by atoms with Gasteiger partial charge in [0.2, 0.25) is 0 Å². The molecule has 1 aromatic heterocycles. The molecule has 2 N–H and O–H groups in total. The minimum atomic E-state index is -0.212. The molecule has 0 saturated carbocycles. The van der Waals surface area contributed by atoms with Crippen molar-refractivity contribution in [1.29, 1.82) is 0 Å². The Labute approximate surface area is 174 Å². The molecule has 0 aliphatic carbocycles. The summed E-state index contributed by atoms with van der Waals surface area (Å²) in [5.74, 6) is -0.212. The minimum Gasteiger partial charge on any atom is -0.398 e. The number of fused-ring (bicyclic) bond motifs is 1. The maximum atomic E-state index is 13.2. The van der Waals surface area contributed by atoms with E-state index in [-0.39, 0.29) is 12.0 Å². The summed E-state index contributed by atoms with van der Waals surface area (Å²) in [6, 6.07) is 6.57. The van der Waals surface area contributed by atoms with Crippen LogP contribution in [0, 0.1) is 0 Å². The number of benzene rings is 2. The molecule has 0 bridgehead atoms. The molecule has 140 valence electrons. The summed E-state index contributed by atoms with van der Waals surface area (Å²) in [6.45, 7) is 0.704. The van der Waals surface area contributed by atoms with Crippen LogP contribution in [0.1, 0.15) is 41.4 Å². The minimum absolute atomic E-state index is 0.139. The van der Waals surface area contributed by atoms with E-state index in [4.69, 9.17) is 33.7 Å². The number of rotatable bonds is 3. The number of nitrogens with two attached hydrogens (primary N) is 1. The summed E-state index contributed by atoms with van der Waals surface area (Å²) in [5.41, 5.74) is 7.78. The number of hydrogen-bond acceptors (Lipinski definition) is 4. The van der Waals surface area contributed by atoms with E-state index in [2.05, 4.69) is 21.0 Å². The van der Waals surface area contributed by atoms with Crippen LogP contribution in [-0.2, 0) is 4.74 Å². The summed E-state index contributed by atoms with van der Waals surface area (Å²) < 4.78 is 8.17. The molecule has 1 fully saturated rings. The number of hydrogen-bond donors (Lipinski definition) is 1. The average molecular weight is 469 g/mol. The molecule has 0 amide bonds. The third-order valence-electron chi connectivity index (χ3n) is 4.68. The molecule has 0 spiro atoms. The van der Waals surface area contributed by atoms with E-state index in [0.29, 0.717) is 48.8 Å². The molecule has 4 rings (SSSR count). The van der Waals surface area contributed by atoms with E-state index in [1.807, 2.05) is 6.20 Å². The molecule has 5 nitrogen and oxygen atoms in total. The van der Waals surface area contributed by atoms with Crippen molar-refractivity contribution in [2.45, 2.75) is 25.5 Å². The first kappa shape index (κ1) is 18.7. The number of nitrogens with zero attached hydrogens (tertiary/aromatic N) is 2. The molecule has 27 heavy (non-hydrogen) atoms. The predicted octanol–water partition coefficient (Wildman–Crippen LogP) is 5.62. The monoisotopic (exact) mass is 467 g/mol. The highest BCUT2D eigenvalue weighted by Crippen LogP contribution is 2.33. The zero-order valence-corrected chi connectivity index (χ0v) is 17.3. The number of carbonyl (C=O) groups excluding carboxylic acids is 1. The van der Waals surface area contributed by atoms with E-state index in [1.165, 1.54) is 0 Å². The van der Waals surface area contributed by atoms with Crippen molar-refractivity contribution >= 4 is 61.5 Å². The van der Waals surface area contributed by atoms with Crippen LogP contribution in [0.5, 0.6) is 0 Å². The summed E-state index contributed by atoms with van der Waals surface area (Å²) >= 11 is 15.7. The number of ketones is 1. The first-order valence-electron chi connectivity index (χ1n) is 8.54. The number of halogens is 3. The van der Waals surface area contributed by atoms with Gasteiger partial charge in [-0.25, -0.2) is 4.68 Å². The number of anilines is 1. The van der Waals surface area contributed by atoms with Gasteiger partial charge in [-0.05, 0) is 59.5 Å². The highest BCUT2D eigenvalue weighted by molar-refractivity contribution is 9.10. The molecule has 1 unspecified atom stereocenters. The van der Waals surface area contributed by atoms with Crippen LogP contribution in [0.15, 0.2) is 34.9 Å². The fourth-order valence-electron chi connectivity index (χ4n) is 3.27. The van der Waals surface area contributed by atoms with Crippen molar-refractivity contribution < 1.29 is 9.53 Å². The Bertz CT molecular complexity index is 1050. The topological polar surface area (TPSA) is 70.1 Å². The van der Waals surface area contributed by atoms with Crippen molar-refractivity contribution in [2.24, 2.45) is 0 Å². The van der Waals surface area contributed by atoms with Gasteiger partial charge in [-0.2, -0.15) is 5.10 Å². The molecule has 0 radical (unpaired) electrons. The van der Waals surface area contributed by atoms with Crippen LogP contribution >= 0.6 is 39.1 Å². The van der Waals surface area contributed by atoms with Gasteiger partial charge in [0.05, 0.1) is 10.0 Å². The number of carbonyl (C=O) groups is 1. The highest BCUT2D eigenvalue weighted by Gasteiger charge is 2.22. The van der Waals surface area contributed by atoms with Crippen molar-refractivity contribution in [3.63, 3.8) is 0 Å². The van der Waals surface area contributed by atoms with Crippen molar-refractivity contribution in [3.05, 3.63) is 56.1 Å². The van der Waals surface area contributed by atoms with Crippen LogP contribution < -0.4 is 5.73 Å². The SMILES string of the molecule is Nc1cc(Cl)c(Br)cc1C(=O)c1ccc(Cl)c2nn(C3CCCCO3)cc12. The first-order valence-corrected chi connectivity index (χ1v) is 10.1. The van der Waals surface area contributed by atoms with Crippen LogP contribution in [0.3, 0.4) is 0 Å². The standard InChI is InChI=1S/C19H16BrCl2N3O2/c20-13-7-11(16(23)8-15(13)22)19(26)10-4-5-14(21)18-12(10)9-25(24-18)17-3-1-2-6-27-17/h4-5,7-9,17H,1-3,6,23H2. The zero-order chi connectivity index (χ0) is 19.1. The van der Waals surface area contributed by atoms with Gasteiger partial charge >= 0.3 is 0 Å². The number of aromatic nitrogens is 2. The van der Waals surface area contributed by atoms with E-state index in [0.717, 1.165) is 19.3 Å². The predicted molar refractivity (Wildman–Crippen MR) is 111 cm³/mol. The molecular formula is C19H16BrCl2N3O2. The average Bonchev–Trinajstić information content (AvgIpc) is 3.11.